The molecule has 0 spiro atoms. The van der Waals surface area contributed by atoms with Gasteiger partial charge >= 0.3 is 0 Å². The number of nitrogens with two attached hydrogens (primary N) is 1. The standard InChI is InChI=1S/C15H23N5/c1-3-11(2)19-6-8-20(9-7-19)15-17-13-5-4-12(16)10-14(13)18-15/h4-5,10-11H,3,6-9,16H2,1-2H3,(H,17,18). The van der Waals surface area contributed by atoms with Gasteiger partial charge in [0.15, 0.2) is 0 Å². The summed E-state index contributed by atoms with van der Waals surface area (Å²) in [7, 11) is 0. The van der Waals surface area contributed by atoms with Gasteiger partial charge in [0.25, 0.3) is 0 Å². The summed E-state index contributed by atoms with van der Waals surface area (Å²) in [5.41, 5.74) is 8.59. The van der Waals surface area contributed by atoms with Gasteiger partial charge in [0.1, 0.15) is 0 Å². The first-order chi connectivity index (χ1) is 9.67. The monoisotopic (exact) mass is 273 g/mol. The molecule has 2 heterocycles. The number of rotatable bonds is 3. The maximum absolute atomic E-state index is 5.81. The summed E-state index contributed by atoms with van der Waals surface area (Å²) in [6.07, 6.45) is 1.21. The van der Waals surface area contributed by atoms with Crippen LogP contribution >= 0.6 is 0 Å². The van der Waals surface area contributed by atoms with Crippen LogP contribution in [0.3, 0.4) is 0 Å². The van der Waals surface area contributed by atoms with Crippen LogP contribution in [0.2, 0.25) is 0 Å². The van der Waals surface area contributed by atoms with Crippen molar-refractivity contribution in [3.8, 4) is 0 Å². The van der Waals surface area contributed by atoms with Crippen LogP contribution in [0.25, 0.3) is 11.0 Å². The third-order valence-electron chi connectivity index (χ3n) is 4.32. The predicted molar refractivity (Wildman–Crippen MR) is 84.0 cm³/mol. The van der Waals surface area contributed by atoms with Crippen molar-refractivity contribution in [2.24, 2.45) is 0 Å². The van der Waals surface area contributed by atoms with Gasteiger partial charge in [-0.25, -0.2) is 4.98 Å². The van der Waals surface area contributed by atoms with Crippen molar-refractivity contribution in [1.82, 2.24) is 14.9 Å². The molecule has 1 unspecified atom stereocenters. The Morgan fingerprint density at radius 3 is 2.75 bits per heavy atom. The lowest BCUT2D eigenvalue weighted by atomic mass is 10.2. The summed E-state index contributed by atoms with van der Waals surface area (Å²) >= 11 is 0. The number of anilines is 2. The van der Waals surface area contributed by atoms with Gasteiger partial charge in [-0.2, -0.15) is 0 Å². The third kappa shape index (κ3) is 2.45. The smallest absolute Gasteiger partial charge is 0.203 e. The van der Waals surface area contributed by atoms with Gasteiger partial charge in [-0.15, -0.1) is 0 Å². The van der Waals surface area contributed by atoms with Crippen LogP contribution in [0.5, 0.6) is 0 Å². The molecule has 1 saturated heterocycles. The molecule has 20 heavy (non-hydrogen) atoms. The van der Waals surface area contributed by atoms with E-state index in [1.165, 1.54) is 6.42 Å². The maximum Gasteiger partial charge on any atom is 0.203 e. The Labute approximate surface area is 119 Å². The molecular weight excluding hydrogens is 250 g/mol. The molecule has 1 atom stereocenters. The van der Waals surface area contributed by atoms with Crippen molar-refractivity contribution in [2.45, 2.75) is 26.3 Å². The van der Waals surface area contributed by atoms with Crippen LogP contribution in [-0.2, 0) is 0 Å². The molecule has 0 aliphatic carbocycles. The van der Waals surface area contributed by atoms with Crippen molar-refractivity contribution < 1.29 is 0 Å². The molecular formula is C15H23N5. The lowest BCUT2D eigenvalue weighted by molar-refractivity contribution is 0.192. The van der Waals surface area contributed by atoms with Gasteiger partial charge in [0, 0.05) is 37.9 Å². The van der Waals surface area contributed by atoms with Gasteiger partial charge in [0.05, 0.1) is 11.0 Å². The summed E-state index contributed by atoms with van der Waals surface area (Å²) < 4.78 is 0. The number of hydrogen-bond acceptors (Lipinski definition) is 4. The minimum Gasteiger partial charge on any atom is -0.399 e. The number of fused-ring (bicyclic) bond motifs is 1. The molecule has 0 radical (unpaired) electrons. The van der Waals surface area contributed by atoms with E-state index in [0.717, 1.165) is 48.8 Å². The number of nitrogens with one attached hydrogen (secondary N) is 1. The van der Waals surface area contributed by atoms with Crippen molar-refractivity contribution >= 4 is 22.7 Å². The average Bonchev–Trinajstić information content (AvgIpc) is 2.89. The molecule has 1 aromatic carbocycles. The fourth-order valence-electron chi connectivity index (χ4n) is 2.80. The first-order valence-corrected chi connectivity index (χ1v) is 7.41. The molecule has 2 aromatic rings. The topological polar surface area (TPSA) is 61.2 Å². The Bertz CT molecular complexity index is 583. The van der Waals surface area contributed by atoms with Crippen LogP contribution < -0.4 is 10.6 Å². The largest absolute Gasteiger partial charge is 0.399 e. The minimum absolute atomic E-state index is 0.674. The highest BCUT2D eigenvalue weighted by atomic mass is 15.3. The molecule has 108 valence electrons. The zero-order valence-corrected chi connectivity index (χ0v) is 12.3. The molecule has 1 aliphatic heterocycles. The Morgan fingerprint density at radius 2 is 2.05 bits per heavy atom. The third-order valence-corrected chi connectivity index (χ3v) is 4.32. The number of H-pyrrole nitrogens is 1. The fraction of sp³-hybridized carbons (Fsp3) is 0.533. The van der Waals surface area contributed by atoms with E-state index in [2.05, 4.69) is 33.6 Å². The van der Waals surface area contributed by atoms with Crippen molar-refractivity contribution in [1.29, 1.82) is 0 Å². The molecule has 1 fully saturated rings. The number of piperazine rings is 1. The number of nitrogens with zero attached hydrogens (tertiary/aromatic N) is 3. The Morgan fingerprint density at radius 1 is 1.30 bits per heavy atom. The van der Waals surface area contributed by atoms with Gasteiger partial charge in [-0.1, -0.05) is 6.92 Å². The average molecular weight is 273 g/mol. The van der Waals surface area contributed by atoms with E-state index in [4.69, 9.17) is 5.73 Å². The maximum atomic E-state index is 5.81. The summed E-state index contributed by atoms with van der Waals surface area (Å²) in [6, 6.07) is 6.49. The Kier molecular flexibility index (Phi) is 3.53. The Balaban J connectivity index is 1.73. The predicted octanol–water partition coefficient (Wildman–Crippen LogP) is 2.07. The van der Waals surface area contributed by atoms with Crippen LogP contribution in [0.1, 0.15) is 20.3 Å². The highest BCUT2D eigenvalue weighted by molar-refractivity contribution is 5.80. The van der Waals surface area contributed by atoms with Gasteiger partial charge in [-0.3, -0.25) is 4.90 Å². The summed E-state index contributed by atoms with van der Waals surface area (Å²) in [5.74, 6) is 0.967. The number of nitrogen functional groups attached to an aromatic ring is 1. The molecule has 0 bridgehead atoms. The molecule has 1 aromatic heterocycles. The molecule has 5 nitrogen and oxygen atoms in total. The molecule has 3 N–H and O–H groups in total. The van der Waals surface area contributed by atoms with E-state index >= 15 is 0 Å². The second-order valence-corrected chi connectivity index (χ2v) is 5.62. The van der Waals surface area contributed by atoms with Gasteiger partial charge in [-0.05, 0) is 31.5 Å². The lowest BCUT2D eigenvalue weighted by Crippen LogP contribution is -2.49. The minimum atomic E-state index is 0.674. The summed E-state index contributed by atoms with van der Waals surface area (Å²) in [5, 5.41) is 0. The molecule has 5 heteroatoms. The lowest BCUT2D eigenvalue weighted by Gasteiger charge is -2.37. The van der Waals surface area contributed by atoms with Gasteiger partial charge < -0.3 is 15.6 Å². The van der Waals surface area contributed by atoms with E-state index in [9.17, 15) is 0 Å². The number of aromatic amines is 1. The van der Waals surface area contributed by atoms with Crippen LogP contribution in [0, 0.1) is 0 Å². The summed E-state index contributed by atoms with van der Waals surface area (Å²) in [4.78, 5) is 12.9. The normalized spacial score (nSPS) is 18.6. The second kappa shape index (κ2) is 5.32. The fourth-order valence-corrected chi connectivity index (χ4v) is 2.80. The first-order valence-electron chi connectivity index (χ1n) is 7.41. The number of imidazole rings is 1. The van der Waals surface area contributed by atoms with Crippen molar-refractivity contribution in [3.63, 3.8) is 0 Å². The zero-order chi connectivity index (χ0) is 14.1. The highest BCUT2D eigenvalue weighted by Crippen LogP contribution is 2.21. The van der Waals surface area contributed by atoms with E-state index < -0.39 is 0 Å². The van der Waals surface area contributed by atoms with Crippen molar-refractivity contribution in [2.75, 3.05) is 36.8 Å². The van der Waals surface area contributed by atoms with E-state index in [1.807, 2.05) is 18.2 Å². The second-order valence-electron chi connectivity index (χ2n) is 5.62. The number of benzene rings is 1. The van der Waals surface area contributed by atoms with E-state index in [0.29, 0.717) is 6.04 Å². The van der Waals surface area contributed by atoms with Gasteiger partial charge in [0.2, 0.25) is 5.95 Å². The highest BCUT2D eigenvalue weighted by Gasteiger charge is 2.21. The van der Waals surface area contributed by atoms with Crippen molar-refractivity contribution in [3.05, 3.63) is 18.2 Å². The van der Waals surface area contributed by atoms with E-state index in [-0.39, 0.29) is 0 Å². The number of hydrogen-bond donors (Lipinski definition) is 2. The van der Waals surface area contributed by atoms with E-state index in [1.54, 1.807) is 0 Å². The van der Waals surface area contributed by atoms with Crippen LogP contribution in [-0.4, -0.2) is 47.1 Å². The first kappa shape index (κ1) is 13.2. The molecule has 0 amide bonds. The zero-order valence-electron chi connectivity index (χ0n) is 12.3. The summed E-state index contributed by atoms with van der Waals surface area (Å²) in [6.45, 7) is 8.82. The molecule has 0 saturated carbocycles. The Hall–Kier alpha value is -1.75. The van der Waals surface area contributed by atoms with Crippen LogP contribution in [0.4, 0.5) is 11.6 Å². The van der Waals surface area contributed by atoms with Crippen LogP contribution in [0.15, 0.2) is 18.2 Å². The quantitative estimate of drug-likeness (QED) is 0.840. The molecule has 3 rings (SSSR count). The molecule has 1 aliphatic rings. The SMILES string of the molecule is CCC(C)N1CCN(c2nc3ccc(N)cc3[nH]2)CC1. The number of aromatic nitrogens is 2.